The number of halogens is 1. The number of nitrogens with one attached hydrogen (secondary N) is 1. The predicted octanol–water partition coefficient (Wildman–Crippen LogP) is 3.31. The maximum atomic E-state index is 12.0. The Morgan fingerprint density at radius 2 is 1.86 bits per heavy atom. The Morgan fingerprint density at radius 1 is 1.14 bits per heavy atom. The van der Waals surface area contributed by atoms with Crippen LogP contribution < -0.4 is 5.32 Å². The van der Waals surface area contributed by atoms with E-state index in [0.717, 1.165) is 10.0 Å². The van der Waals surface area contributed by atoms with Crippen molar-refractivity contribution < 1.29 is 14.3 Å². The van der Waals surface area contributed by atoms with Crippen molar-refractivity contribution >= 4 is 27.8 Å². The van der Waals surface area contributed by atoms with Gasteiger partial charge in [-0.2, -0.15) is 0 Å². The summed E-state index contributed by atoms with van der Waals surface area (Å²) in [7, 11) is 0. The van der Waals surface area contributed by atoms with E-state index >= 15 is 0 Å². The van der Waals surface area contributed by atoms with Gasteiger partial charge in [0.15, 0.2) is 6.10 Å². The first kappa shape index (κ1) is 16.2. The monoisotopic (exact) mass is 361 g/mol. The molecule has 0 unspecified atom stereocenters. The summed E-state index contributed by atoms with van der Waals surface area (Å²) in [5, 5.41) is 2.74. The molecule has 0 bridgehead atoms. The zero-order chi connectivity index (χ0) is 15.9. The maximum absolute atomic E-state index is 12.0. The quantitative estimate of drug-likeness (QED) is 0.831. The Morgan fingerprint density at radius 3 is 2.55 bits per heavy atom. The summed E-state index contributed by atoms with van der Waals surface area (Å²) in [5.74, 6) is -0.851. The molecule has 5 heteroatoms. The van der Waals surface area contributed by atoms with E-state index in [1.165, 1.54) is 0 Å². The Balaban J connectivity index is 1.87. The van der Waals surface area contributed by atoms with Crippen LogP contribution in [0.4, 0.5) is 0 Å². The summed E-state index contributed by atoms with van der Waals surface area (Å²) in [5.41, 5.74) is 1.39. The molecule has 2 aromatic carbocycles. The molecule has 0 aliphatic carbocycles. The summed E-state index contributed by atoms with van der Waals surface area (Å²) in [4.78, 5) is 23.9. The summed E-state index contributed by atoms with van der Waals surface area (Å²) >= 11 is 3.29. The lowest BCUT2D eigenvalue weighted by Crippen LogP contribution is -2.35. The zero-order valence-corrected chi connectivity index (χ0v) is 13.7. The minimum atomic E-state index is -0.852. The standard InChI is InChI=1S/C17H16BrNO3/c1-12(16(20)19-11-13-6-3-2-4-7-13)22-17(21)14-8-5-9-15(18)10-14/h2-10,12H,11H2,1H3,(H,19,20)/t12-/m1/s1. The maximum Gasteiger partial charge on any atom is 0.338 e. The molecule has 1 atom stereocenters. The fourth-order valence-electron chi connectivity index (χ4n) is 1.83. The van der Waals surface area contributed by atoms with E-state index in [4.69, 9.17) is 4.74 Å². The molecule has 1 N–H and O–H groups in total. The van der Waals surface area contributed by atoms with E-state index in [9.17, 15) is 9.59 Å². The molecule has 2 aromatic rings. The Labute approximate surface area is 137 Å². The van der Waals surface area contributed by atoms with Crippen molar-refractivity contribution in [2.24, 2.45) is 0 Å². The summed E-state index contributed by atoms with van der Waals surface area (Å²) in [6.45, 7) is 1.95. The number of amides is 1. The number of benzene rings is 2. The predicted molar refractivity (Wildman–Crippen MR) is 87.3 cm³/mol. The molecule has 0 fully saturated rings. The SMILES string of the molecule is C[C@@H](OC(=O)c1cccc(Br)c1)C(=O)NCc1ccccc1. The normalized spacial score (nSPS) is 11.5. The van der Waals surface area contributed by atoms with Crippen molar-refractivity contribution in [2.45, 2.75) is 19.6 Å². The van der Waals surface area contributed by atoms with Crippen LogP contribution in [0.3, 0.4) is 0 Å². The lowest BCUT2D eigenvalue weighted by atomic mass is 10.2. The molecule has 0 heterocycles. The van der Waals surface area contributed by atoms with Gasteiger partial charge in [-0.3, -0.25) is 4.79 Å². The molecule has 0 radical (unpaired) electrons. The van der Waals surface area contributed by atoms with Crippen LogP contribution in [-0.2, 0) is 16.1 Å². The minimum Gasteiger partial charge on any atom is -0.449 e. The van der Waals surface area contributed by atoms with Crippen molar-refractivity contribution in [3.8, 4) is 0 Å². The van der Waals surface area contributed by atoms with Crippen LogP contribution in [0, 0.1) is 0 Å². The molecule has 0 spiro atoms. The van der Waals surface area contributed by atoms with Crippen molar-refractivity contribution in [2.75, 3.05) is 0 Å². The topological polar surface area (TPSA) is 55.4 Å². The first-order valence-corrected chi connectivity index (χ1v) is 7.64. The van der Waals surface area contributed by atoms with Crippen molar-refractivity contribution in [1.29, 1.82) is 0 Å². The second-order valence-electron chi connectivity index (χ2n) is 4.76. The second kappa shape index (κ2) is 7.75. The summed E-state index contributed by atoms with van der Waals surface area (Å²) in [6, 6.07) is 16.4. The molecule has 4 nitrogen and oxygen atoms in total. The number of hydrogen-bond donors (Lipinski definition) is 1. The third-order valence-corrected chi connectivity index (χ3v) is 3.52. The van der Waals surface area contributed by atoms with Gasteiger partial charge in [-0.05, 0) is 30.7 Å². The third-order valence-electron chi connectivity index (χ3n) is 3.02. The average Bonchev–Trinajstić information content (AvgIpc) is 2.53. The second-order valence-corrected chi connectivity index (χ2v) is 5.68. The highest BCUT2D eigenvalue weighted by Gasteiger charge is 2.18. The number of carbonyl (C=O) groups is 2. The fraction of sp³-hybridized carbons (Fsp3) is 0.176. The Kier molecular flexibility index (Phi) is 5.72. The van der Waals surface area contributed by atoms with Gasteiger partial charge in [0.1, 0.15) is 0 Å². The molecule has 2 rings (SSSR count). The molecule has 0 aliphatic rings. The van der Waals surface area contributed by atoms with Crippen molar-refractivity contribution in [3.63, 3.8) is 0 Å². The van der Waals surface area contributed by atoms with Crippen LogP contribution >= 0.6 is 15.9 Å². The molecular weight excluding hydrogens is 346 g/mol. The highest BCUT2D eigenvalue weighted by molar-refractivity contribution is 9.10. The smallest absolute Gasteiger partial charge is 0.338 e. The van der Waals surface area contributed by atoms with E-state index in [2.05, 4.69) is 21.2 Å². The lowest BCUT2D eigenvalue weighted by molar-refractivity contribution is -0.129. The van der Waals surface area contributed by atoms with Gasteiger partial charge < -0.3 is 10.1 Å². The van der Waals surface area contributed by atoms with Gasteiger partial charge in [0.2, 0.25) is 0 Å². The molecule has 114 valence electrons. The highest BCUT2D eigenvalue weighted by Crippen LogP contribution is 2.13. The number of esters is 1. The molecule has 0 aliphatic heterocycles. The molecule has 1 amide bonds. The number of carbonyl (C=O) groups excluding carboxylic acids is 2. The van der Waals surface area contributed by atoms with E-state index in [-0.39, 0.29) is 5.91 Å². The van der Waals surface area contributed by atoms with Crippen LogP contribution in [0.15, 0.2) is 59.1 Å². The van der Waals surface area contributed by atoms with Gasteiger partial charge in [0.25, 0.3) is 5.91 Å². The van der Waals surface area contributed by atoms with Crippen molar-refractivity contribution in [1.82, 2.24) is 5.32 Å². The van der Waals surface area contributed by atoms with Crippen LogP contribution in [0.25, 0.3) is 0 Å². The largest absolute Gasteiger partial charge is 0.449 e. The molecule has 0 saturated carbocycles. The number of hydrogen-bond acceptors (Lipinski definition) is 3. The molecule has 0 saturated heterocycles. The summed E-state index contributed by atoms with van der Waals surface area (Å²) in [6.07, 6.45) is -0.852. The molecular formula is C17H16BrNO3. The first-order chi connectivity index (χ1) is 10.6. The highest BCUT2D eigenvalue weighted by atomic mass is 79.9. The Bertz CT molecular complexity index is 658. The number of ether oxygens (including phenoxy) is 1. The van der Waals surface area contributed by atoms with Gasteiger partial charge in [0, 0.05) is 11.0 Å². The fourth-order valence-corrected chi connectivity index (χ4v) is 2.23. The van der Waals surface area contributed by atoms with Crippen molar-refractivity contribution in [3.05, 3.63) is 70.2 Å². The van der Waals surface area contributed by atoms with Gasteiger partial charge in [-0.15, -0.1) is 0 Å². The van der Waals surface area contributed by atoms with E-state index < -0.39 is 12.1 Å². The zero-order valence-electron chi connectivity index (χ0n) is 12.1. The Hall–Kier alpha value is -2.14. The van der Waals surface area contributed by atoms with E-state index in [1.54, 1.807) is 25.1 Å². The van der Waals surface area contributed by atoms with Crippen LogP contribution in [0.5, 0.6) is 0 Å². The van der Waals surface area contributed by atoms with Gasteiger partial charge >= 0.3 is 5.97 Å². The van der Waals surface area contributed by atoms with Gasteiger partial charge in [0.05, 0.1) is 5.56 Å². The molecule has 22 heavy (non-hydrogen) atoms. The van der Waals surface area contributed by atoms with Gasteiger partial charge in [-0.25, -0.2) is 4.79 Å². The van der Waals surface area contributed by atoms with E-state index in [1.807, 2.05) is 36.4 Å². The van der Waals surface area contributed by atoms with Crippen LogP contribution in [0.1, 0.15) is 22.8 Å². The lowest BCUT2D eigenvalue weighted by Gasteiger charge is -2.13. The van der Waals surface area contributed by atoms with Crippen LogP contribution in [-0.4, -0.2) is 18.0 Å². The number of rotatable bonds is 5. The summed E-state index contributed by atoms with van der Waals surface area (Å²) < 4.78 is 5.95. The first-order valence-electron chi connectivity index (χ1n) is 6.84. The van der Waals surface area contributed by atoms with Crippen LogP contribution in [0.2, 0.25) is 0 Å². The van der Waals surface area contributed by atoms with Gasteiger partial charge in [-0.1, -0.05) is 52.3 Å². The van der Waals surface area contributed by atoms with E-state index in [0.29, 0.717) is 12.1 Å². The third kappa shape index (κ3) is 4.70. The average molecular weight is 362 g/mol. The minimum absolute atomic E-state index is 0.327. The molecule has 0 aromatic heterocycles.